The summed E-state index contributed by atoms with van der Waals surface area (Å²) in [5.74, 6) is 2.06. The van der Waals surface area contributed by atoms with Crippen molar-refractivity contribution in [2.24, 2.45) is 0 Å². The molecule has 1 nitrogen and oxygen atoms in total. The van der Waals surface area contributed by atoms with E-state index < -0.39 is 0 Å². The van der Waals surface area contributed by atoms with Crippen LogP contribution in [0, 0.1) is 0 Å². The summed E-state index contributed by atoms with van der Waals surface area (Å²) in [5, 5.41) is 10.3. The summed E-state index contributed by atoms with van der Waals surface area (Å²) in [4.78, 5) is 0. The molecule has 0 saturated heterocycles. The Hall–Kier alpha value is -3.06. The predicted octanol–water partition coefficient (Wildman–Crippen LogP) is 6.41. The van der Waals surface area contributed by atoms with Crippen LogP contribution >= 0.6 is 0 Å². The summed E-state index contributed by atoms with van der Waals surface area (Å²) in [6.45, 7) is 0. The van der Waals surface area contributed by atoms with Crippen LogP contribution in [0.1, 0.15) is 0 Å². The van der Waals surface area contributed by atoms with Crippen LogP contribution < -0.4 is 4.74 Å². The molecule has 5 aromatic carbocycles. The first-order valence-corrected chi connectivity index (χ1v) is 7.88. The van der Waals surface area contributed by atoms with Gasteiger partial charge in [-0.15, -0.1) is 0 Å². The first-order valence-electron chi connectivity index (χ1n) is 7.88. The molecule has 1 aliphatic heterocycles. The van der Waals surface area contributed by atoms with Gasteiger partial charge >= 0.3 is 0 Å². The summed E-state index contributed by atoms with van der Waals surface area (Å²) in [6, 6.07) is 26.2. The molecule has 23 heavy (non-hydrogen) atoms. The van der Waals surface area contributed by atoms with Gasteiger partial charge in [0.25, 0.3) is 0 Å². The highest BCUT2D eigenvalue weighted by Gasteiger charge is 2.23. The van der Waals surface area contributed by atoms with Crippen molar-refractivity contribution in [2.75, 3.05) is 0 Å². The summed E-state index contributed by atoms with van der Waals surface area (Å²) in [6.07, 6.45) is 0. The van der Waals surface area contributed by atoms with Gasteiger partial charge in [-0.05, 0) is 55.9 Å². The van der Waals surface area contributed by atoms with Gasteiger partial charge in [0.2, 0.25) is 0 Å². The first kappa shape index (κ1) is 11.5. The van der Waals surface area contributed by atoms with E-state index in [1.54, 1.807) is 0 Å². The highest BCUT2D eigenvalue weighted by Crippen LogP contribution is 2.51. The molecule has 0 bridgehead atoms. The molecule has 106 valence electrons. The van der Waals surface area contributed by atoms with E-state index in [0.717, 1.165) is 11.5 Å². The van der Waals surface area contributed by atoms with E-state index >= 15 is 0 Å². The lowest BCUT2D eigenvalue weighted by Crippen LogP contribution is -1.81. The topological polar surface area (TPSA) is 12.5 Å². The predicted molar refractivity (Wildman–Crippen MR) is 96.5 cm³/mol. The van der Waals surface area contributed by atoms with Crippen LogP contribution in [0.5, 0.6) is 11.5 Å². The van der Waals surface area contributed by atoms with E-state index in [1.807, 2.05) is 0 Å². The minimum Gasteiger partial charge on any atom is -0.449 e. The maximum absolute atomic E-state index is 5.54. The number of fused-ring (bicyclic) bond motifs is 9. The number of benzene rings is 5. The summed E-state index contributed by atoms with van der Waals surface area (Å²) >= 11 is 0. The van der Waals surface area contributed by atoms with Crippen LogP contribution in [0.15, 0.2) is 72.8 Å². The minimum atomic E-state index is 1.02. The molecule has 0 amide bonds. The molecule has 0 radical (unpaired) electrons. The molecule has 6 rings (SSSR count). The lowest BCUT2D eigenvalue weighted by atomic mass is 9.94. The quantitative estimate of drug-likeness (QED) is 0.233. The van der Waals surface area contributed by atoms with Crippen LogP contribution in [-0.2, 0) is 0 Å². The molecular weight excluding hydrogens is 280 g/mol. The molecule has 0 aromatic heterocycles. The Morgan fingerprint density at radius 2 is 1.00 bits per heavy atom. The van der Waals surface area contributed by atoms with E-state index in [9.17, 15) is 0 Å². The van der Waals surface area contributed by atoms with Crippen molar-refractivity contribution in [3.63, 3.8) is 0 Å². The van der Waals surface area contributed by atoms with E-state index in [0.29, 0.717) is 0 Å². The summed E-state index contributed by atoms with van der Waals surface area (Å²) in [7, 11) is 0. The van der Waals surface area contributed by atoms with Gasteiger partial charge in [0.05, 0.1) is 0 Å². The molecule has 1 heterocycles. The van der Waals surface area contributed by atoms with Gasteiger partial charge in [-0.2, -0.15) is 0 Å². The first-order chi connectivity index (χ1) is 11.4. The van der Waals surface area contributed by atoms with Crippen LogP contribution in [0.4, 0.5) is 0 Å². The average molecular weight is 292 g/mol. The summed E-state index contributed by atoms with van der Waals surface area (Å²) < 4.78 is 5.54. The standard InChI is InChI=1S/C22H12O/c1-2-4-14-13(3-1)5-6-16-15(14)7-8-18-17(16)9-10-20-19(18)11-12-21-22(20)23-21/h1-12H. The Kier molecular flexibility index (Phi) is 1.91. The Morgan fingerprint density at radius 3 is 1.83 bits per heavy atom. The summed E-state index contributed by atoms with van der Waals surface area (Å²) in [5.41, 5.74) is 0. The SMILES string of the molecule is c1ccc2c(c1)ccc1c2ccc2c3ccc4c(c3ccc21)O4. The van der Waals surface area contributed by atoms with Crippen molar-refractivity contribution < 1.29 is 4.74 Å². The molecule has 0 spiro atoms. The second-order valence-electron chi connectivity index (χ2n) is 6.20. The second-order valence-corrected chi connectivity index (χ2v) is 6.20. The zero-order chi connectivity index (χ0) is 15.0. The zero-order valence-corrected chi connectivity index (χ0v) is 12.3. The third kappa shape index (κ3) is 1.42. The Balaban J connectivity index is 1.85. The highest BCUT2D eigenvalue weighted by atomic mass is 16.6. The fourth-order valence-corrected chi connectivity index (χ4v) is 3.85. The number of rotatable bonds is 0. The van der Waals surface area contributed by atoms with E-state index in [1.165, 1.54) is 43.1 Å². The molecule has 1 heteroatoms. The van der Waals surface area contributed by atoms with Crippen LogP contribution in [0.2, 0.25) is 0 Å². The molecule has 0 N–H and O–H groups in total. The number of ether oxygens (including phenoxy) is 1. The van der Waals surface area contributed by atoms with Crippen molar-refractivity contribution in [1.82, 2.24) is 0 Å². The molecule has 1 aliphatic rings. The lowest BCUT2D eigenvalue weighted by molar-refractivity contribution is 0.653. The van der Waals surface area contributed by atoms with Crippen molar-refractivity contribution in [3.8, 4) is 11.5 Å². The van der Waals surface area contributed by atoms with E-state index in [-0.39, 0.29) is 0 Å². The lowest BCUT2D eigenvalue weighted by Gasteiger charge is -2.09. The fraction of sp³-hybridized carbons (Fsp3) is 0. The minimum absolute atomic E-state index is 1.02. The molecule has 0 unspecified atom stereocenters. The molecular formula is C22H12O. The van der Waals surface area contributed by atoms with Gasteiger partial charge in [-0.25, -0.2) is 0 Å². The second kappa shape index (κ2) is 3.82. The number of hydrogen-bond acceptors (Lipinski definition) is 1. The van der Waals surface area contributed by atoms with Gasteiger partial charge in [-0.3, -0.25) is 0 Å². The van der Waals surface area contributed by atoms with Crippen LogP contribution in [-0.4, -0.2) is 0 Å². The van der Waals surface area contributed by atoms with Gasteiger partial charge < -0.3 is 4.74 Å². The highest BCUT2D eigenvalue weighted by molar-refractivity contribution is 6.23. The van der Waals surface area contributed by atoms with Gasteiger partial charge in [0, 0.05) is 5.39 Å². The average Bonchev–Trinajstić information content (AvgIpc) is 3.40. The van der Waals surface area contributed by atoms with Crippen LogP contribution in [0.25, 0.3) is 43.1 Å². The molecule has 0 aliphatic carbocycles. The maximum Gasteiger partial charge on any atom is 0.177 e. The van der Waals surface area contributed by atoms with Crippen molar-refractivity contribution in [3.05, 3.63) is 72.8 Å². The van der Waals surface area contributed by atoms with Crippen molar-refractivity contribution in [1.29, 1.82) is 0 Å². The zero-order valence-electron chi connectivity index (χ0n) is 12.3. The molecule has 0 saturated carbocycles. The van der Waals surface area contributed by atoms with Crippen molar-refractivity contribution in [2.45, 2.75) is 0 Å². The third-order valence-electron chi connectivity index (χ3n) is 5.00. The van der Waals surface area contributed by atoms with Gasteiger partial charge in [0.1, 0.15) is 0 Å². The van der Waals surface area contributed by atoms with Crippen LogP contribution in [0.3, 0.4) is 0 Å². The smallest absolute Gasteiger partial charge is 0.177 e. The number of hydrogen-bond donors (Lipinski definition) is 0. The monoisotopic (exact) mass is 292 g/mol. The molecule has 0 fully saturated rings. The maximum atomic E-state index is 5.54. The largest absolute Gasteiger partial charge is 0.449 e. The fourth-order valence-electron chi connectivity index (χ4n) is 3.85. The Labute approximate surface area is 132 Å². The normalized spacial score (nSPS) is 12.7. The van der Waals surface area contributed by atoms with Gasteiger partial charge in [0.15, 0.2) is 11.5 Å². The molecule has 5 aromatic rings. The van der Waals surface area contributed by atoms with E-state index in [4.69, 9.17) is 4.74 Å². The van der Waals surface area contributed by atoms with E-state index in [2.05, 4.69) is 72.8 Å². The van der Waals surface area contributed by atoms with Gasteiger partial charge in [-0.1, -0.05) is 54.6 Å². The Bertz CT molecular complexity index is 1280. The third-order valence-corrected chi connectivity index (χ3v) is 5.00. The van der Waals surface area contributed by atoms with Crippen molar-refractivity contribution >= 4 is 43.1 Å². The molecule has 0 atom stereocenters. The Morgan fingerprint density at radius 1 is 0.435 bits per heavy atom.